The topological polar surface area (TPSA) is 75.4 Å². The minimum Gasteiger partial charge on any atom is -0.387 e. The van der Waals surface area contributed by atoms with Crippen LogP contribution in [0.3, 0.4) is 0 Å². The van der Waals surface area contributed by atoms with Gasteiger partial charge in [0.15, 0.2) is 5.78 Å². The van der Waals surface area contributed by atoms with Crippen molar-refractivity contribution in [1.29, 1.82) is 0 Å². The van der Waals surface area contributed by atoms with Crippen molar-refractivity contribution in [3.63, 3.8) is 0 Å². The van der Waals surface area contributed by atoms with Crippen LogP contribution in [0.5, 0.6) is 0 Å². The molecule has 0 spiro atoms. The molecule has 0 fully saturated rings. The number of rotatable bonds is 4. The van der Waals surface area contributed by atoms with E-state index in [1.807, 2.05) is 41.1 Å². The van der Waals surface area contributed by atoms with Gasteiger partial charge >= 0.3 is 0 Å². The summed E-state index contributed by atoms with van der Waals surface area (Å²) in [6.07, 6.45) is 0.718. The number of Topliss-reactive ketones (excluding diaryl/α,β-unsaturated/α-hetero) is 1. The lowest BCUT2D eigenvalue weighted by molar-refractivity contribution is -0.132. The SMILES string of the molecule is CC(O)c1cc2n(n1)CCN(C(=O)CC1=C(c3ccccc3)CCC1=O)C2. The first-order chi connectivity index (χ1) is 13.0. The van der Waals surface area contributed by atoms with Gasteiger partial charge in [0.05, 0.1) is 37.0 Å². The summed E-state index contributed by atoms with van der Waals surface area (Å²) in [5.41, 5.74) is 4.24. The Morgan fingerprint density at radius 3 is 2.74 bits per heavy atom. The zero-order chi connectivity index (χ0) is 19.0. The smallest absolute Gasteiger partial charge is 0.227 e. The first-order valence-electron chi connectivity index (χ1n) is 9.36. The van der Waals surface area contributed by atoms with Crippen LogP contribution < -0.4 is 0 Å². The van der Waals surface area contributed by atoms with E-state index in [0.29, 0.717) is 43.7 Å². The molecular formula is C21H23N3O3. The minimum atomic E-state index is -0.623. The van der Waals surface area contributed by atoms with E-state index in [2.05, 4.69) is 5.10 Å². The zero-order valence-electron chi connectivity index (χ0n) is 15.4. The minimum absolute atomic E-state index is 0.0280. The Bertz CT molecular complexity index is 912. The average Bonchev–Trinajstić information content (AvgIpc) is 3.26. The van der Waals surface area contributed by atoms with E-state index in [0.717, 1.165) is 16.8 Å². The second-order valence-electron chi connectivity index (χ2n) is 7.20. The normalized spacial score (nSPS) is 18.0. The van der Waals surface area contributed by atoms with Crippen molar-refractivity contribution in [3.8, 4) is 0 Å². The molecule has 2 aromatic rings. The average molecular weight is 365 g/mol. The molecule has 27 heavy (non-hydrogen) atoms. The molecule has 4 rings (SSSR count). The molecule has 0 saturated carbocycles. The molecule has 1 aromatic heterocycles. The van der Waals surface area contributed by atoms with Gasteiger partial charge in [-0.1, -0.05) is 30.3 Å². The molecule has 1 unspecified atom stereocenters. The first kappa shape index (κ1) is 17.7. The van der Waals surface area contributed by atoms with Gasteiger partial charge in [0.25, 0.3) is 0 Å². The van der Waals surface area contributed by atoms with Crippen molar-refractivity contribution >= 4 is 17.3 Å². The molecule has 1 aromatic carbocycles. The van der Waals surface area contributed by atoms with Gasteiger partial charge in [-0.2, -0.15) is 5.10 Å². The molecule has 140 valence electrons. The summed E-state index contributed by atoms with van der Waals surface area (Å²) in [6.45, 7) is 3.31. The van der Waals surface area contributed by atoms with Gasteiger partial charge < -0.3 is 10.0 Å². The molecule has 2 heterocycles. The fraction of sp³-hybridized carbons (Fsp3) is 0.381. The molecule has 1 N–H and O–H groups in total. The van der Waals surface area contributed by atoms with E-state index in [1.54, 1.807) is 11.8 Å². The Morgan fingerprint density at radius 2 is 2.00 bits per heavy atom. The highest BCUT2D eigenvalue weighted by Gasteiger charge is 2.29. The maximum atomic E-state index is 12.9. The maximum Gasteiger partial charge on any atom is 0.227 e. The van der Waals surface area contributed by atoms with Gasteiger partial charge in [-0.05, 0) is 30.5 Å². The number of fused-ring (bicyclic) bond motifs is 1. The number of hydrogen-bond acceptors (Lipinski definition) is 4. The van der Waals surface area contributed by atoms with Gasteiger partial charge in [0, 0.05) is 18.5 Å². The van der Waals surface area contributed by atoms with Gasteiger partial charge in [0.2, 0.25) is 5.91 Å². The summed E-state index contributed by atoms with van der Waals surface area (Å²) >= 11 is 0. The molecule has 1 atom stereocenters. The van der Waals surface area contributed by atoms with E-state index >= 15 is 0 Å². The number of carbonyl (C=O) groups excluding carboxylic acids is 2. The van der Waals surface area contributed by atoms with Gasteiger partial charge in [-0.25, -0.2) is 0 Å². The summed E-state index contributed by atoms with van der Waals surface area (Å²) in [6, 6.07) is 11.7. The van der Waals surface area contributed by atoms with Crippen molar-refractivity contribution in [2.24, 2.45) is 0 Å². The third-order valence-electron chi connectivity index (χ3n) is 5.35. The number of nitrogens with zero attached hydrogens (tertiary/aromatic N) is 3. The van der Waals surface area contributed by atoms with Crippen LogP contribution in [0.4, 0.5) is 0 Å². The zero-order valence-corrected chi connectivity index (χ0v) is 15.4. The highest BCUT2D eigenvalue weighted by molar-refractivity contribution is 6.10. The lowest BCUT2D eigenvalue weighted by Gasteiger charge is -2.28. The Labute approximate surface area is 158 Å². The summed E-state index contributed by atoms with van der Waals surface area (Å²) in [7, 11) is 0. The Morgan fingerprint density at radius 1 is 1.22 bits per heavy atom. The van der Waals surface area contributed by atoms with Crippen LogP contribution >= 0.6 is 0 Å². The molecular weight excluding hydrogens is 342 g/mol. The number of aromatic nitrogens is 2. The Kier molecular flexibility index (Phi) is 4.66. The molecule has 6 heteroatoms. The highest BCUT2D eigenvalue weighted by atomic mass is 16.3. The summed E-state index contributed by atoms with van der Waals surface area (Å²) in [5, 5.41) is 14.1. The van der Waals surface area contributed by atoms with E-state index < -0.39 is 6.10 Å². The first-order valence-corrected chi connectivity index (χ1v) is 9.36. The van der Waals surface area contributed by atoms with Crippen molar-refractivity contribution in [1.82, 2.24) is 14.7 Å². The van der Waals surface area contributed by atoms with E-state index in [9.17, 15) is 14.7 Å². The number of aliphatic hydroxyl groups excluding tert-OH is 1. The molecule has 2 aliphatic rings. The van der Waals surface area contributed by atoms with Crippen molar-refractivity contribution < 1.29 is 14.7 Å². The van der Waals surface area contributed by atoms with Crippen LogP contribution in [0.15, 0.2) is 42.0 Å². The number of ketones is 1. The summed E-state index contributed by atoms with van der Waals surface area (Å²) < 4.78 is 1.85. The van der Waals surface area contributed by atoms with Crippen molar-refractivity contribution in [2.45, 2.75) is 45.4 Å². The van der Waals surface area contributed by atoms with E-state index in [1.165, 1.54) is 0 Å². The number of amides is 1. The van der Waals surface area contributed by atoms with E-state index in [4.69, 9.17) is 0 Å². The molecule has 1 aliphatic heterocycles. The Hall–Kier alpha value is -2.73. The van der Waals surface area contributed by atoms with Crippen molar-refractivity contribution in [2.75, 3.05) is 6.54 Å². The second-order valence-corrected chi connectivity index (χ2v) is 7.20. The van der Waals surface area contributed by atoms with Gasteiger partial charge in [0.1, 0.15) is 0 Å². The van der Waals surface area contributed by atoms with E-state index in [-0.39, 0.29) is 18.1 Å². The van der Waals surface area contributed by atoms with Crippen LogP contribution in [0.25, 0.3) is 5.57 Å². The number of carbonyl (C=O) groups is 2. The quantitative estimate of drug-likeness (QED) is 0.903. The van der Waals surface area contributed by atoms with Gasteiger partial charge in [-0.15, -0.1) is 0 Å². The number of benzene rings is 1. The second kappa shape index (κ2) is 7.12. The Balaban J connectivity index is 1.52. The number of allylic oxidation sites excluding steroid dienone is 1. The fourth-order valence-electron chi connectivity index (χ4n) is 3.84. The predicted molar refractivity (Wildman–Crippen MR) is 100 cm³/mol. The molecule has 1 amide bonds. The lowest BCUT2D eigenvalue weighted by Crippen LogP contribution is -2.38. The molecule has 0 bridgehead atoms. The molecule has 0 radical (unpaired) electrons. The maximum absolute atomic E-state index is 12.9. The largest absolute Gasteiger partial charge is 0.387 e. The van der Waals surface area contributed by atoms with Crippen LogP contribution in [0.2, 0.25) is 0 Å². The van der Waals surface area contributed by atoms with Crippen LogP contribution in [-0.4, -0.2) is 38.0 Å². The predicted octanol–water partition coefficient (Wildman–Crippen LogP) is 2.49. The molecule has 1 aliphatic carbocycles. The third kappa shape index (κ3) is 3.45. The number of hydrogen-bond donors (Lipinski definition) is 1. The summed E-state index contributed by atoms with van der Waals surface area (Å²) in [5.74, 6) is 0.0559. The third-order valence-corrected chi connectivity index (χ3v) is 5.35. The summed E-state index contributed by atoms with van der Waals surface area (Å²) in [4.78, 5) is 27.1. The monoisotopic (exact) mass is 365 g/mol. The van der Waals surface area contributed by atoms with Crippen LogP contribution in [0.1, 0.15) is 49.2 Å². The number of aliphatic hydroxyl groups is 1. The van der Waals surface area contributed by atoms with Crippen LogP contribution in [-0.2, 0) is 22.7 Å². The molecule has 6 nitrogen and oxygen atoms in total. The molecule has 0 saturated heterocycles. The fourth-order valence-corrected chi connectivity index (χ4v) is 3.84. The standard InChI is InChI=1S/C21H23N3O3/c1-14(25)19-11-16-13-23(9-10-24(16)22-19)21(27)12-18-17(7-8-20(18)26)15-5-3-2-4-6-15/h2-6,11,14,25H,7-10,12-13H2,1H3. The highest BCUT2D eigenvalue weighted by Crippen LogP contribution is 2.34. The van der Waals surface area contributed by atoms with Crippen molar-refractivity contribution in [3.05, 3.63) is 58.9 Å². The van der Waals surface area contributed by atoms with Crippen LogP contribution in [0, 0.1) is 0 Å². The van der Waals surface area contributed by atoms with Gasteiger partial charge in [-0.3, -0.25) is 14.3 Å². The lowest BCUT2D eigenvalue weighted by atomic mass is 9.99.